The number of carbonyl (C=O) groups excluding carboxylic acids is 5. The van der Waals surface area contributed by atoms with Crippen molar-refractivity contribution in [3.8, 4) is 44.8 Å². The summed E-state index contributed by atoms with van der Waals surface area (Å²) < 4.78 is 20.3. The number of nitrogens with one attached hydrogen (secondary N) is 4. The smallest absolute Gasteiger partial charge is 0.274 e. The van der Waals surface area contributed by atoms with Crippen LogP contribution in [0.1, 0.15) is 60.9 Å². The molecular formula is C55H59FN12O7S. The molecule has 0 unspecified atom stereocenters. The molecule has 2 saturated heterocycles. The predicted molar refractivity (Wildman–Crippen MR) is 284 cm³/mol. The molecule has 5 amide bonds. The van der Waals surface area contributed by atoms with Crippen LogP contribution in [-0.2, 0) is 25.7 Å². The standard InChI is InChI=1S/C55H59FN12O7S/c1-33-49(76-32-62-33)35-11-9-34(10-12-35)28-61-53(73)44-26-38(69)30-68(44)54(74)50(55(2,3)4)65-46(70)17-20-59-47(71)31-66-21-23-67(24-22-66)43-25-36(39-29-58-18-15-37(39)27-57)13-14-41(43)64-52(72)42-16-19-60-51(63-42)48-40(56)7-6-8-45(48)75-5/h6-16,18-19,25,29,32,38,44,50,69H,17,20-24,26,28,30-31H2,1-5H3,(H,59,71)(H,61,73)(H,64,72)(H,65,70)/t38-,44+,50-/m1/s1. The van der Waals surface area contributed by atoms with Crippen LogP contribution < -0.4 is 30.9 Å². The summed E-state index contributed by atoms with van der Waals surface area (Å²) in [7, 11) is 1.40. The normalized spacial score (nSPS) is 16.1. The number of nitriles is 1. The molecule has 0 bridgehead atoms. The Morgan fingerprint density at radius 1 is 0.947 bits per heavy atom. The summed E-state index contributed by atoms with van der Waals surface area (Å²) in [4.78, 5) is 91.8. The molecule has 2 aliphatic heterocycles. The average Bonchev–Trinajstić information content (AvgIpc) is 4.04. The van der Waals surface area contributed by atoms with Crippen molar-refractivity contribution < 1.29 is 38.2 Å². The number of anilines is 2. The van der Waals surface area contributed by atoms with Crippen molar-refractivity contribution in [1.29, 1.82) is 5.26 Å². The number of hydrogen-bond donors (Lipinski definition) is 5. The molecule has 6 aromatic rings. The number of nitrogens with zero attached hydrogens (tertiary/aromatic N) is 8. The molecule has 0 aliphatic carbocycles. The van der Waals surface area contributed by atoms with E-state index < -0.39 is 53.0 Å². The maximum absolute atomic E-state index is 15.0. The lowest BCUT2D eigenvalue weighted by Crippen LogP contribution is -2.58. The second-order valence-electron chi connectivity index (χ2n) is 19.6. The highest BCUT2D eigenvalue weighted by Crippen LogP contribution is 2.35. The van der Waals surface area contributed by atoms with Gasteiger partial charge in [-0.15, -0.1) is 11.3 Å². The summed E-state index contributed by atoms with van der Waals surface area (Å²) in [5, 5.41) is 32.1. The molecule has 2 fully saturated rings. The van der Waals surface area contributed by atoms with E-state index in [2.05, 4.69) is 52.2 Å². The summed E-state index contributed by atoms with van der Waals surface area (Å²) in [6.07, 6.45) is 3.52. The number of benzene rings is 3. The first-order valence-electron chi connectivity index (χ1n) is 24.8. The van der Waals surface area contributed by atoms with Crippen molar-refractivity contribution in [3.05, 3.63) is 125 Å². The van der Waals surface area contributed by atoms with Crippen molar-refractivity contribution in [1.82, 2.24) is 45.7 Å². The van der Waals surface area contributed by atoms with E-state index in [1.165, 1.54) is 42.6 Å². The van der Waals surface area contributed by atoms with Crippen molar-refractivity contribution >= 4 is 52.2 Å². The number of aliphatic hydroxyl groups excluding tert-OH is 1. The van der Waals surface area contributed by atoms with E-state index in [9.17, 15) is 38.7 Å². The van der Waals surface area contributed by atoms with Gasteiger partial charge in [-0.3, -0.25) is 33.9 Å². The summed E-state index contributed by atoms with van der Waals surface area (Å²) in [6, 6.07) is 20.8. The number of β-amino-alcohol motifs (C(OH)–C–C–N with tert-alkyl or cyclic N) is 1. The molecule has 8 rings (SSSR count). The number of piperazine rings is 1. The van der Waals surface area contributed by atoms with E-state index in [1.807, 2.05) is 42.2 Å². The minimum atomic E-state index is -1.03. The number of likely N-dealkylation sites (tertiary alicyclic amines) is 1. The third kappa shape index (κ3) is 12.8. The number of aryl methyl sites for hydroxylation is 1. The molecule has 3 aromatic carbocycles. The van der Waals surface area contributed by atoms with E-state index in [-0.39, 0.29) is 67.8 Å². The molecular weight excluding hydrogens is 992 g/mol. The number of hydrogen-bond acceptors (Lipinski definition) is 15. The number of ether oxygens (including phenoxy) is 1. The Hall–Kier alpha value is -8.19. The van der Waals surface area contributed by atoms with Gasteiger partial charge in [-0.1, -0.05) is 57.2 Å². The van der Waals surface area contributed by atoms with Crippen LogP contribution in [0.3, 0.4) is 0 Å². The van der Waals surface area contributed by atoms with Crippen LogP contribution in [0.2, 0.25) is 0 Å². The molecule has 19 nitrogen and oxygen atoms in total. The quantitative estimate of drug-likeness (QED) is 0.0774. The Labute approximate surface area is 443 Å². The zero-order valence-corrected chi connectivity index (χ0v) is 43.6. The van der Waals surface area contributed by atoms with Crippen molar-refractivity contribution in [2.45, 2.75) is 65.3 Å². The third-order valence-electron chi connectivity index (χ3n) is 13.3. The van der Waals surface area contributed by atoms with Crippen LogP contribution in [-0.4, -0.2) is 135 Å². The van der Waals surface area contributed by atoms with E-state index in [0.717, 1.165) is 21.7 Å². The second-order valence-corrected chi connectivity index (χ2v) is 20.5. The molecule has 2 aliphatic rings. The summed E-state index contributed by atoms with van der Waals surface area (Å²) in [5.41, 5.74) is 6.66. The first-order chi connectivity index (χ1) is 36.5. The van der Waals surface area contributed by atoms with Gasteiger partial charge in [0.15, 0.2) is 5.82 Å². The Morgan fingerprint density at radius 2 is 1.71 bits per heavy atom. The van der Waals surface area contributed by atoms with Gasteiger partial charge >= 0.3 is 0 Å². The SMILES string of the molecule is COc1cccc(F)c1-c1nccc(C(=O)Nc2ccc(-c3cnccc3C#N)cc2N2CCN(CC(=O)NCCC(=O)N[C@H](C(=O)N3C[C@H](O)C[C@H]3C(=O)NCc3ccc(-c4scnc4C)cc3)C(C)(C)C)CC2)n1. The maximum atomic E-state index is 15.0. The van der Waals surface area contributed by atoms with Crippen LogP contribution in [0.25, 0.3) is 33.0 Å². The number of rotatable bonds is 17. The third-order valence-corrected chi connectivity index (χ3v) is 14.2. The molecule has 5 heterocycles. The minimum Gasteiger partial charge on any atom is -0.496 e. The molecule has 394 valence electrons. The first-order valence-corrected chi connectivity index (χ1v) is 25.6. The largest absolute Gasteiger partial charge is 0.496 e. The maximum Gasteiger partial charge on any atom is 0.274 e. The zero-order chi connectivity index (χ0) is 54.1. The van der Waals surface area contributed by atoms with Gasteiger partial charge in [-0.05, 0) is 65.4 Å². The van der Waals surface area contributed by atoms with Gasteiger partial charge in [0.25, 0.3) is 5.91 Å². The zero-order valence-electron chi connectivity index (χ0n) is 42.8. The minimum absolute atomic E-state index is 0.00445. The van der Waals surface area contributed by atoms with E-state index in [4.69, 9.17) is 4.74 Å². The van der Waals surface area contributed by atoms with Crippen LogP contribution >= 0.6 is 11.3 Å². The van der Waals surface area contributed by atoms with Gasteiger partial charge < -0.3 is 40.9 Å². The lowest BCUT2D eigenvalue weighted by molar-refractivity contribution is -0.144. The van der Waals surface area contributed by atoms with Gasteiger partial charge in [0.2, 0.25) is 23.6 Å². The van der Waals surface area contributed by atoms with Crippen LogP contribution in [0.4, 0.5) is 15.8 Å². The topological polar surface area (TPSA) is 248 Å². The van der Waals surface area contributed by atoms with E-state index >= 15 is 0 Å². The van der Waals surface area contributed by atoms with E-state index in [1.54, 1.807) is 68.1 Å². The Balaban J connectivity index is 0.849. The molecule has 3 atom stereocenters. The van der Waals surface area contributed by atoms with Gasteiger partial charge in [-0.2, -0.15) is 5.26 Å². The summed E-state index contributed by atoms with van der Waals surface area (Å²) >= 11 is 1.55. The number of amides is 5. The molecule has 76 heavy (non-hydrogen) atoms. The number of aliphatic hydroxyl groups is 1. The number of carbonyl (C=O) groups is 5. The molecule has 0 radical (unpaired) electrons. The van der Waals surface area contributed by atoms with Gasteiger partial charge in [0.05, 0.1) is 64.4 Å². The van der Waals surface area contributed by atoms with Crippen molar-refractivity contribution in [2.75, 3.05) is 63.1 Å². The van der Waals surface area contributed by atoms with Gasteiger partial charge in [0, 0.05) is 82.8 Å². The first kappa shape index (κ1) is 54.1. The molecule has 0 saturated carbocycles. The second kappa shape index (κ2) is 24.0. The van der Waals surface area contributed by atoms with E-state index in [0.29, 0.717) is 54.2 Å². The van der Waals surface area contributed by atoms with Gasteiger partial charge in [-0.25, -0.2) is 19.3 Å². The monoisotopic (exact) mass is 1050 g/mol. The number of thiazole rings is 1. The number of halogens is 1. The predicted octanol–water partition coefficient (Wildman–Crippen LogP) is 5.35. The number of methoxy groups -OCH3 is 1. The fourth-order valence-electron chi connectivity index (χ4n) is 9.21. The fraction of sp³-hybridized carbons (Fsp3) is 0.345. The molecule has 3 aromatic heterocycles. The summed E-state index contributed by atoms with van der Waals surface area (Å²) in [5.74, 6) is -2.68. The van der Waals surface area contributed by atoms with Crippen LogP contribution in [0.5, 0.6) is 5.75 Å². The Bertz CT molecular complexity index is 3150. The van der Waals surface area contributed by atoms with Gasteiger partial charge in [0.1, 0.15) is 29.3 Å². The lowest BCUT2D eigenvalue weighted by Gasteiger charge is -2.37. The average molecular weight is 1050 g/mol. The highest BCUT2D eigenvalue weighted by Gasteiger charge is 2.44. The number of aromatic nitrogens is 4. The highest BCUT2D eigenvalue weighted by molar-refractivity contribution is 7.13. The van der Waals surface area contributed by atoms with Crippen molar-refractivity contribution in [2.24, 2.45) is 5.41 Å². The fourth-order valence-corrected chi connectivity index (χ4v) is 10.0. The van der Waals surface area contributed by atoms with Crippen LogP contribution in [0.15, 0.2) is 96.9 Å². The molecule has 5 N–H and O–H groups in total. The summed E-state index contributed by atoms with van der Waals surface area (Å²) in [6.45, 7) is 9.40. The van der Waals surface area contributed by atoms with Crippen molar-refractivity contribution in [3.63, 3.8) is 0 Å². The molecule has 0 spiro atoms. The Kier molecular flexibility index (Phi) is 17.1. The lowest BCUT2D eigenvalue weighted by atomic mass is 9.85. The molecule has 21 heteroatoms. The highest BCUT2D eigenvalue weighted by atomic mass is 32.1. The van der Waals surface area contributed by atoms with Crippen LogP contribution in [0, 0.1) is 29.5 Å². The Morgan fingerprint density at radius 3 is 2.42 bits per heavy atom. The number of pyridine rings is 1.